The van der Waals surface area contributed by atoms with Gasteiger partial charge in [-0.2, -0.15) is 0 Å². The molecule has 8 heteroatoms. The molecule has 1 aliphatic rings. The summed E-state index contributed by atoms with van der Waals surface area (Å²) in [5, 5.41) is 9.67. The van der Waals surface area contributed by atoms with E-state index in [1.165, 1.54) is 11.8 Å². The van der Waals surface area contributed by atoms with Gasteiger partial charge in [0.2, 0.25) is 15.9 Å². The molecule has 0 saturated heterocycles. The number of rotatable bonds is 5. The SMILES string of the molecule is CCS(=O)(=O)NCC(=O)N1CCOc2ccccc2C1CO. The molecule has 122 valence electrons. The zero-order valence-corrected chi connectivity index (χ0v) is 13.2. The number of benzene rings is 1. The number of aliphatic hydroxyl groups is 1. The predicted molar refractivity (Wildman–Crippen MR) is 80.9 cm³/mol. The second-order valence-electron chi connectivity index (χ2n) is 4.90. The van der Waals surface area contributed by atoms with E-state index in [-0.39, 0.29) is 25.4 Å². The third-order valence-electron chi connectivity index (χ3n) is 3.56. The summed E-state index contributed by atoms with van der Waals surface area (Å²) in [6.45, 7) is 1.49. The van der Waals surface area contributed by atoms with E-state index in [0.29, 0.717) is 17.9 Å². The molecule has 1 atom stereocenters. The number of fused-ring (bicyclic) bond motifs is 1. The summed E-state index contributed by atoms with van der Waals surface area (Å²) in [6, 6.07) is 6.65. The molecule has 22 heavy (non-hydrogen) atoms. The molecule has 0 saturated carbocycles. The highest BCUT2D eigenvalue weighted by atomic mass is 32.2. The van der Waals surface area contributed by atoms with Crippen molar-refractivity contribution >= 4 is 15.9 Å². The van der Waals surface area contributed by atoms with E-state index in [0.717, 1.165) is 0 Å². The van der Waals surface area contributed by atoms with Gasteiger partial charge in [-0.1, -0.05) is 18.2 Å². The molecular formula is C14H20N2O5S. The normalized spacial score (nSPS) is 18.3. The van der Waals surface area contributed by atoms with Gasteiger partial charge in [0.1, 0.15) is 12.4 Å². The molecule has 0 fully saturated rings. The van der Waals surface area contributed by atoms with Crippen molar-refractivity contribution in [2.45, 2.75) is 13.0 Å². The lowest BCUT2D eigenvalue weighted by Gasteiger charge is -2.28. The van der Waals surface area contributed by atoms with Gasteiger partial charge in [-0.15, -0.1) is 0 Å². The maximum Gasteiger partial charge on any atom is 0.238 e. The Bertz CT molecular complexity index is 632. The van der Waals surface area contributed by atoms with Crippen molar-refractivity contribution in [3.05, 3.63) is 29.8 Å². The van der Waals surface area contributed by atoms with Crippen LogP contribution in [0, 0.1) is 0 Å². The maximum absolute atomic E-state index is 12.3. The van der Waals surface area contributed by atoms with Crippen LogP contribution in [0.25, 0.3) is 0 Å². The molecule has 1 amide bonds. The van der Waals surface area contributed by atoms with Crippen molar-refractivity contribution in [3.8, 4) is 5.75 Å². The zero-order chi connectivity index (χ0) is 16.2. The number of carbonyl (C=O) groups excluding carboxylic acids is 1. The third kappa shape index (κ3) is 3.76. The maximum atomic E-state index is 12.3. The Labute approximate surface area is 129 Å². The molecule has 1 unspecified atom stereocenters. The lowest BCUT2D eigenvalue weighted by Crippen LogP contribution is -2.44. The molecule has 1 aromatic rings. The Kier molecular flexibility index (Phi) is 5.38. The highest BCUT2D eigenvalue weighted by Gasteiger charge is 2.29. The fourth-order valence-electron chi connectivity index (χ4n) is 2.34. The number of sulfonamides is 1. The number of amides is 1. The Morgan fingerprint density at radius 1 is 1.45 bits per heavy atom. The van der Waals surface area contributed by atoms with Crippen LogP contribution < -0.4 is 9.46 Å². The molecular weight excluding hydrogens is 308 g/mol. The van der Waals surface area contributed by atoms with E-state index in [2.05, 4.69) is 4.72 Å². The molecule has 0 bridgehead atoms. The number of para-hydroxylation sites is 1. The van der Waals surface area contributed by atoms with Crippen LogP contribution in [0.1, 0.15) is 18.5 Å². The summed E-state index contributed by atoms with van der Waals surface area (Å²) >= 11 is 0. The standard InChI is InChI=1S/C14H20N2O5S/c1-2-22(19,20)15-9-14(18)16-7-8-21-13-6-4-3-5-11(13)12(16)10-17/h3-6,12,15,17H,2,7-10H2,1H3. The largest absolute Gasteiger partial charge is 0.491 e. The lowest BCUT2D eigenvalue weighted by molar-refractivity contribution is -0.133. The smallest absolute Gasteiger partial charge is 0.238 e. The van der Waals surface area contributed by atoms with Crippen LogP contribution in [-0.4, -0.2) is 56.4 Å². The van der Waals surface area contributed by atoms with Gasteiger partial charge in [0.15, 0.2) is 0 Å². The van der Waals surface area contributed by atoms with Gasteiger partial charge in [-0.25, -0.2) is 13.1 Å². The molecule has 0 radical (unpaired) electrons. The molecule has 0 aliphatic carbocycles. The predicted octanol–water partition coefficient (Wildman–Crippen LogP) is -0.120. The Balaban J connectivity index is 2.18. The van der Waals surface area contributed by atoms with E-state index >= 15 is 0 Å². The number of hydrogen-bond acceptors (Lipinski definition) is 5. The van der Waals surface area contributed by atoms with Gasteiger partial charge in [-0.05, 0) is 13.0 Å². The summed E-state index contributed by atoms with van der Waals surface area (Å²) in [4.78, 5) is 13.8. The van der Waals surface area contributed by atoms with Crippen LogP contribution in [0.4, 0.5) is 0 Å². The van der Waals surface area contributed by atoms with Crippen molar-refractivity contribution in [2.75, 3.05) is 32.1 Å². The molecule has 0 spiro atoms. The molecule has 1 heterocycles. The first kappa shape index (κ1) is 16.7. The van der Waals surface area contributed by atoms with E-state index < -0.39 is 22.0 Å². The number of carbonyl (C=O) groups is 1. The van der Waals surface area contributed by atoms with Gasteiger partial charge in [-0.3, -0.25) is 4.79 Å². The van der Waals surface area contributed by atoms with Crippen molar-refractivity contribution in [1.29, 1.82) is 0 Å². The first-order valence-electron chi connectivity index (χ1n) is 7.08. The van der Waals surface area contributed by atoms with Crippen molar-refractivity contribution in [1.82, 2.24) is 9.62 Å². The van der Waals surface area contributed by atoms with Gasteiger partial charge in [0.25, 0.3) is 0 Å². The summed E-state index contributed by atoms with van der Waals surface area (Å²) in [6.07, 6.45) is 0. The van der Waals surface area contributed by atoms with E-state index in [9.17, 15) is 18.3 Å². The molecule has 7 nitrogen and oxygen atoms in total. The van der Waals surface area contributed by atoms with Crippen LogP contribution in [-0.2, 0) is 14.8 Å². The quantitative estimate of drug-likeness (QED) is 0.786. The Morgan fingerprint density at radius 2 is 2.18 bits per heavy atom. The summed E-state index contributed by atoms with van der Waals surface area (Å²) in [7, 11) is -3.44. The van der Waals surface area contributed by atoms with Gasteiger partial charge in [0.05, 0.1) is 31.5 Å². The fraction of sp³-hybridized carbons (Fsp3) is 0.500. The van der Waals surface area contributed by atoms with Gasteiger partial charge >= 0.3 is 0 Å². The van der Waals surface area contributed by atoms with Crippen molar-refractivity contribution in [2.24, 2.45) is 0 Å². The molecule has 2 N–H and O–H groups in total. The van der Waals surface area contributed by atoms with E-state index in [1.807, 2.05) is 6.07 Å². The minimum absolute atomic E-state index is 0.0876. The number of nitrogens with one attached hydrogen (secondary N) is 1. The molecule has 1 aromatic carbocycles. The van der Waals surface area contributed by atoms with E-state index in [4.69, 9.17) is 4.74 Å². The topological polar surface area (TPSA) is 95.9 Å². The second-order valence-corrected chi connectivity index (χ2v) is 6.99. The van der Waals surface area contributed by atoms with Crippen LogP contribution in [0.3, 0.4) is 0 Å². The van der Waals surface area contributed by atoms with Gasteiger partial charge < -0.3 is 14.7 Å². The number of hydrogen-bond donors (Lipinski definition) is 2. The average Bonchev–Trinajstić information content (AvgIpc) is 2.71. The first-order chi connectivity index (χ1) is 10.5. The highest BCUT2D eigenvalue weighted by molar-refractivity contribution is 7.89. The zero-order valence-electron chi connectivity index (χ0n) is 12.4. The Morgan fingerprint density at radius 3 is 2.86 bits per heavy atom. The minimum atomic E-state index is -3.44. The average molecular weight is 328 g/mol. The summed E-state index contributed by atoms with van der Waals surface area (Å²) in [5.41, 5.74) is 0.717. The second kappa shape index (κ2) is 7.08. The third-order valence-corrected chi connectivity index (χ3v) is 4.90. The summed E-state index contributed by atoms with van der Waals surface area (Å²) in [5.74, 6) is 0.151. The first-order valence-corrected chi connectivity index (χ1v) is 8.73. The van der Waals surface area contributed by atoms with E-state index in [1.54, 1.807) is 18.2 Å². The Hall–Kier alpha value is -1.64. The van der Waals surface area contributed by atoms with Crippen LogP contribution in [0.5, 0.6) is 5.75 Å². The number of nitrogens with zero attached hydrogens (tertiary/aromatic N) is 1. The lowest BCUT2D eigenvalue weighted by atomic mass is 10.1. The van der Waals surface area contributed by atoms with Crippen molar-refractivity contribution in [3.63, 3.8) is 0 Å². The van der Waals surface area contributed by atoms with Crippen LogP contribution in [0.2, 0.25) is 0 Å². The number of aliphatic hydroxyl groups excluding tert-OH is 1. The number of ether oxygens (including phenoxy) is 1. The highest BCUT2D eigenvalue weighted by Crippen LogP contribution is 2.31. The molecule has 2 rings (SSSR count). The minimum Gasteiger partial charge on any atom is -0.491 e. The van der Waals surface area contributed by atoms with Crippen LogP contribution >= 0.6 is 0 Å². The monoisotopic (exact) mass is 328 g/mol. The van der Waals surface area contributed by atoms with Crippen molar-refractivity contribution < 1.29 is 23.1 Å². The van der Waals surface area contributed by atoms with Gasteiger partial charge in [0, 0.05) is 5.56 Å². The fourth-order valence-corrected chi connectivity index (χ4v) is 2.88. The van der Waals surface area contributed by atoms with Crippen LogP contribution in [0.15, 0.2) is 24.3 Å². The molecule has 1 aliphatic heterocycles. The molecule has 0 aromatic heterocycles. The summed E-state index contributed by atoms with van der Waals surface area (Å²) < 4.78 is 30.7.